The molecule has 44 heavy (non-hydrogen) atoms. The Balaban J connectivity index is 1.21. The van der Waals surface area contributed by atoms with Crippen LogP contribution in [-0.2, 0) is 16.1 Å². The average molecular weight is 675 g/mol. The van der Waals surface area contributed by atoms with Crippen LogP contribution in [0, 0.1) is 19.3 Å². The number of carbonyl (C=O) groups is 3. The molecule has 12 heteroatoms. The van der Waals surface area contributed by atoms with Gasteiger partial charge in [0.15, 0.2) is 17.2 Å². The Labute approximate surface area is 266 Å². The number of Topliss-reactive ketones (excluding diaryl/α,β-unsaturated/α-hetero) is 1. The minimum atomic E-state index is -0.654. The molecule has 1 N–H and O–H groups in total. The number of ketones is 1. The number of nitrogens with one attached hydrogen (secondary N) is 1. The molecule has 2 fully saturated rings. The van der Waals surface area contributed by atoms with E-state index >= 15 is 0 Å². The van der Waals surface area contributed by atoms with Crippen LogP contribution in [0.5, 0.6) is 0 Å². The van der Waals surface area contributed by atoms with E-state index in [1.54, 1.807) is 33.9 Å². The largest absolute Gasteiger partial charge is 0.337 e. The van der Waals surface area contributed by atoms with E-state index < -0.39 is 6.04 Å². The van der Waals surface area contributed by atoms with Gasteiger partial charge in [0.25, 0.3) is 0 Å². The highest BCUT2D eigenvalue weighted by molar-refractivity contribution is 9.10. The fourth-order valence-corrected chi connectivity index (χ4v) is 7.13. The quantitative estimate of drug-likeness (QED) is 0.175. The summed E-state index contributed by atoms with van der Waals surface area (Å²) >= 11 is 9.59. The Bertz CT molecular complexity index is 2050. The molecule has 0 spiro atoms. The lowest BCUT2D eigenvalue weighted by Gasteiger charge is -2.27. The zero-order valence-electron chi connectivity index (χ0n) is 24.6. The van der Waals surface area contributed by atoms with Gasteiger partial charge in [0.2, 0.25) is 11.8 Å². The summed E-state index contributed by atoms with van der Waals surface area (Å²) in [6.07, 6.45) is 6.88. The zero-order valence-corrected chi connectivity index (χ0v) is 26.9. The van der Waals surface area contributed by atoms with Gasteiger partial charge in [-0.2, -0.15) is 5.10 Å². The molecular formula is C32H29BrClN7O3. The number of hydrogen-bond donors (Lipinski definition) is 1. The highest BCUT2D eigenvalue weighted by atomic mass is 79.9. The second-order valence-electron chi connectivity index (χ2n) is 12.2. The average Bonchev–Trinajstić information content (AvgIpc) is 3.24. The lowest BCUT2D eigenvalue weighted by Crippen LogP contribution is -2.46. The van der Waals surface area contributed by atoms with Crippen molar-refractivity contribution in [3.8, 4) is 11.1 Å². The van der Waals surface area contributed by atoms with Gasteiger partial charge in [0, 0.05) is 47.2 Å². The molecule has 4 aromatic heterocycles. The van der Waals surface area contributed by atoms with Crippen LogP contribution in [0.4, 0.5) is 5.82 Å². The van der Waals surface area contributed by atoms with Crippen LogP contribution in [0.25, 0.3) is 27.7 Å². The molecule has 5 heterocycles. The monoisotopic (exact) mass is 673 g/mol. The predicted octanol–water partition coefficient (Wildman–Crippen LogP) is 6.00. The highest BCUT2D eigenvalue weighted by Crippen LogP contribution is 2.59. The van der Waals surface area contributed by atoms with Crippen molar-refractivity contribution in [2.75, 3.05) is 5.32 Å². The summed E-state index contributed by atoms with van der Waals surface area (Å²) in [4.78, 5) is 50.8. The molecule has 1 saturated heterocycles. The van der Waals surface area contributed by atoms with Crippen LogP contribution < -0.4 is 5.32 Å². The molecule has 224 valence electrons. The van der Waals surface area contributed by atoms with Crippen molar-refractivity contribution < 1.29 is 14.4 Å². The Morgan fingerprint density at radius 2 is 1.91 bits per heavy atom. The molecule has 0 radical (unpaired) electrons. The summed E-state index contributed by atoms with van der Waals surface area (Å²) in [6, 6.07) is 8.58. The van der Waals surface area contributed by atoms with E-state index in [1.807, 2.05) is 42.8 Å². The molecule has 2 aliphatic rings. The minimum Gasteiger partial charge on any atom is -0.337 e. The van der Waals surface area contributed by atoms with Crippen molar-refractivity contribution in [1.29, 1.82) is 0 Å². The number of likely N-dealkylation sites (tertiary alicyclic amines) is 1. The number of benzene rings is 1. The van der Waals surface area contributed by atoms with Gasteiger partial charge in [-0.05, 0) is 90.4 Å². The second kappa shape index (κ2) is 10.2. The van der Waals surface area contributed by atoms with Crippen molar-refractivity contribution in [3.63, 3.8) is 0 Å². The molecule has 1 aromatic carbocycles. The molecule has 3 atom stereocenters. The number of rotatable bonds is 6. The number of aromatic nitrogens is 5. The fourth-order valence-electron chi connectivity index (χ4n) is 6.67. The molecule has 0 bridgehead atoms. The lowest BCUT2D eigenvalue weighted by molar-refractivity contribution is -0.138. The number of aryl methyl sites for hydroxylation is 2. The van der Waals surface area contributed by atoms with Crippen molar-refractivity contribution in [3.05, 3.63) is 75.4 Å². The van der Waals surface area contributed by atoms with Crippen LogP contribution >= 0.6 is 27.5 Å². The molecule has 0 unspecified atom stereocenters. The van der Waals surface area contributed by atoms with Crippen LogP contribution in [0.1, 0.15) is 48.3 Å². The van der Waals surface area contributed by atoms with E-state index in [2.05, 4.69) is 43.2 Å². The molecular weight excluding hydrogens is 646 g/mol. The smallest absolute Gasteiger partial charge is 0.248 e. The SMILES string of the molecule is CC(=O)c1cn(CC(=O)N2[C@H](C(=O)Nc3nc(Br)ccc3Cl)C[C@@]3(C)C[C@@H]23)c2c(C)cc(-c3cnc4cc(C)nn4c3)cc12. The van der Waals surface area contributed by atoms with Gasteiger partial charge in [-0.1, -0.05) is 18.5 Å². The first-order valence-corrected chi connectivity index (χ1v) is 15.5. The Hall–Kier alpha value is -4.09. The van der Waals surface area contributed by atoms with Gasteiger partial charge in [0.1, 0.15) is 17.2 Å². The maximum atomic E-state index is 14.0. The van der Waals surface area contributed by atoms with Crippen molar-refractivity contribution in [2.24, 2.45) is 5.41 Å². The van der Waals surface area contributed by atoms with Gasteiger partial charge in [-0.15, -0.1) is 0 Å². The fraction of sp³-hybridized carbons (Fsp3) is 0.312. The third-order valence-corrected chi connectivity index (χ3v) is 9.64. The molecule has 1 saturated carbocycles. The number of anilines is 1. The molecule has 2 amide bonds. The van der Waals surface area contributed by atoms with E-state index in [0.29, 0.717) is 21.6 Å². The second-order valence-corrected chi connectivity index (χ2v) is 13.4. The summed E-state index contributed by atoms with van der Waals surface area (Å²) in [6.45, 7) is 7.52. The van der Waals surface area contributed by atoms with Crippen LogP contribution in [-0.4, -0.2) is 58.7 Å². The maximum absolute atomic E-state index is 14.0. The Kier molecular flexibility index (Phi) is 6.67. The van der Waals surface area contributed by atoms with Crippen molar-refractivity contribution >= 4 is 67.5 Å². The van der Waals surface area contributed by atoms with E-state index in [9.17, 15) is 14.4 Å². The Morgan fingerprint density at radius 3 is 2.68 bits per heavy atom. The molecule has 10 nitrogen and oxygen atoms in total. The number of piperidine rings is 1. The summed E-state index contributed by atoms with van der Waals surface area (Å²) < 4.78 is 4.12. The highest BCUT2D eigenvalue weighted by Gasteiger charge is 2.64. The van der Waals surface area contributed by atoms with Gasteiger partial charge >= 0.3 is 0 Å². The standard InChI is InChI=1S/C32H29BrClN7O3/c1-16-7-19(20-12-35-27-8-17(2)38-40(27)13-20)9-21-22(18(3)42)14-39(29(16)21)15-28(43)41-24(10-32(4)11-25(32)41)31(44)37-30-23(34)5-6-26(33)36-30/h5-9,12-14,24-25H,10-11,15H2,1-4H3,(H,36,37,44)/t24-,25+,32-/m0/s1. The number of fused-ring (bicyclic) bond motifs is 3. The van der Waals surface area contributed by atoms with Crippen molar-refractivity contribution in [1.82, 2.24) is 29.0 Å². The lowest BCUT2D eigenvalue weighted by atomic mass is 10.0. The number of nitrogens with zero attached hydrogens (tertiary/aromatic N) is 6. The summed E-state index contributed by atoms with van der Waals surface area (Å²) in [7, 11) is 0. The van der Waals surface area contributed by atoms with E-state index in [0.717, 1.165) is 45.4 Å². The normalized spacial score (nSPS) is 20.7. The van der Waals surface area contributed by atoms with E-state index in [1.165, 1.54) is 6.92 Å². The molecule has 7 rings (SSSR count). The summed E-state index contributed by atoms with van der Waals surface area (Å²) in [5.74, 6) is -0.348. The van der Waals surface area contributed by atoms with Gasteiger partial charge < -0.3 is 14.8 Å². The van der Waals surface area contributed by atoms with E-state index in [4.69, 9.17) is 11.6 Å². The number of pyridine rings is 1. The number of amides is 2. The van der Waals surface area contributed by atoms with Crippen LogP contribution in [0.2, 0.25) is 5.02 Å². The molecule has 1 aliphatic heterocycles. The number of carbonyl (C=O) groups excluding carboxylic acids is 3. The summed E-state index contributed by atoms with van der Waals surface area (Å²) in [5.41, 5.74) is 5.54. The topological polar surface area (TPSA) is 114 Å². The van der Waals surface area contributed by atoms with Crippen LogP contribution in [0.3, 0.4) is 0 Å². The van der Waals surface area contributed by atoms with Crippen molar-refractivity contribution in [2.45, 2.75) is 59.2 Å². The molecule has 1 aliphatic carbocycles. The third-order valence-electron chi connectivity index (χ3n) is 8.90. The summed E-state index contributed by atoms with van der Waals surface area (Å²) in [5, 5.41) is 8.38. The van der Waals surface area contributed by atoms with Crippen LogP contribution in [0.15, 0.2) is 53.5 Å². The first-order chi connectivity index (χ1) is 20.9. The maximum Gasteiger partial charge on any atom is 0.248 e. The molecule has 5 aromatic rings. The number of hydrogen-bond acceptors (Lipinski definition) is 6. The Morgan fingerprint density at radius 1 is 1.11 bits per heavy atom. The van der Waals surface area contributed by atoms with Gasteiger partial charge in [-0.3, -0.25) is 14.4 Å². The third kappa shape index (κ3) is 4.78. The number of halogens is 2. The van der Waals surface area contributed by atoms with Gasteiger partial charge in [0.05, 0.1) is 16.2 Å². The zero-order chi connectivity index (χ0) is 31.1. The minimum absolute atomic E-state index is 0.00367. The predicted molar refractivity (Wildman–Crippen MR) is 171 cm³/mol. The van der Waals surface area contributed by atoms with E-state index in [-0.39, 0.29) is 41.4 Å². The van der Waals surface area contributed by atoms with Gasteiger partial charge in [-0.25, -0.2) is 14.5 Å². The first-order valence-electron chi connectivity index (χ1n) is 14.3. The first kappa shape index (κ1) is 28.7.